The molecule has 0 bridgehead atoms. The van der Waals surface area contributed by atoms with Crippen molar-refractivity contribution in [3.8, 4) is 0 Å². The molecule has 5 unspecified atom stereocenters. The standard InChI is InChI=1S/C20H35N5O8S/c1-4-10(2)16(20(32)33)25-19(31)13(9-15(27)28)24-18(30)12(7-8-34-3)23-17(29)11(21)5-6-14(22)26/h10-13,16H,4-9,21H2,1-3H3,(H2,22,26)(H,23,29)(H,24,30)(H,25,31)(H,27,28)(H,32,33). The number of carbonyl (C=O) groups is 6. The van der Waals surface area contributed by atoms with Gasteiger partial charge >= 0.3 is 11.9 Å². The van der Waals surface area contributed by atoms with Gasteiger partial charge in [0, 0.05) is 6.42 Å². The summed E-state index contributed by atoms with van der Waals surface area (Å²) in [5.41, 5.74) is 10.8. The molecule has 0 fully saturated rings. The Kier molecular flexibility index (Phi) is 14.5. The van der Waals surface area contributed by atoms with Crippen LogP contribution in [0.5, 0.6) is 0 Å². The lowest BCUT2D eigenvalue weighted by Crippen LogP contribution is -2.58. The Morgan fingerprint density at radius 3 is 1.94 bits per heavy atom. The third-order valence-corrected chi connectivity index (χ3v) is 5.71. The molecule has 0 aromatic carbocycles. The number of nitrogens with two attached hydrogens (primary N) is 2. The minimum Gasteiger partial charge on any atom is -0.481 e. The largest absolute Gasteiger partial charge is 0.481 e. The zero-order valence-electron chi connectivity index (χ0n) is 19.5. The summed E-state index contributed by atoms with van der Waals surface area (Å²) in [6.07, 6.45) is 1.40. The van der Waals surface area contributed by atoms with E-state index in [1.165, 1.54) is 11.8 Å². The van der Waals surface area contributed by atoms with Gasteiger partial charge in [0.15, 0.2) is 0 Å². The second-order valence-corrected chi connectivity index (χ2v) is 8.81. The van der Waals surface area contributed by atoms with Crippen molar-refractivity contribution in [1.29, 1.82) is 0 Å². The molecule has 0 aliphatic rings. The molecule has 0 aromatic heterocycles. The van der Waals surface area contributed by atoms with Gasteiger partial charge in [0.25, 0.3) is 0 Å². The first-order chi connectivity index (χ1) is 15.8. The average Bonchev–Trinajstić information content (AvgIpc) is 2.76. The molecule has 0 saturated carbocycles. The van der Waals surface area contributed by atoms with Gasteiger partial charge in [-0.15, -0.1) is 0 Å². The van der Waals surface area contributed by atoms with E-state index in [9.17, 15) is 39.0 Å². The Hall–Kier alpha value is -2.87. The maximum absolute atomic E-state index is 12.8. The van der Waals surface area contributed by atoms with Crippen LogP contribution in [-0.2, 0) is 28.8 Å². The maximum atomic E-state index is 12.8. The molecule has 0 spiro atoms. The summed E-state index contributed by atoms with van der Waals surface area (Å²) in [6.45, 7) is 3.34. The molecule has 0 heterocycles. The SMILES string of the molecule is CCC(C)C(NC(=O)C(CC(=O)O)NC(=O)C(CCSC)NC(=O)C(N)CCC(N)=O)C(=O)O. The van der Waals surface area contributed by atoms with Crippen LogP contribution in [0.3, 0.4) is 0 Å². The minimum absolute atomic E-state index is 0.0335. The van der Waals surface area contributed by atoms with Crippen molar-refractivity contribution in [2.45, 2.75) is 70.1 Å². The Morgan fingerprint density at radius 1 is 0.912 bits per heavy atom. The monoisotopic (exact) mass is 505 g/mol. The van der Waals surface area contributed by atoms with E-state index in [0.29, 0.717) is 12.2 Å². The average molecular weight is 506 g/mol. The Balaban J connectivity index is 5.50. The van der Waals surface area contributed by atoms with Gasteiger partial charge in [0.1, 0.15) is 18.1 Å². The number of hydrogen-bond acceptors (Lipinski definition) is 8. The molecule has 9 N–H and O–H groups in total. The number of aliphatic carboxylic acids is 2. The second-order valence-electron chi connectivity index (χ2n) is 7.82. The number of nitrogens with one attached hydrogen (secondary N) is 3. The summed E-state index contributed by atoms with van der Waals surface area (Å²) in [7, 11) is 0. The van der Waals surface area contributed by atoms with E-state index in [1.54, 1.807) is 20.1 Å². The van der Waals surface area contributed by atoms with E-state index in [-0.39, 0.29) is 19.3 Å². The number of thioether (sulfide) groups is 1. The van der Waals surface area contributed by atoms with Crippen LogP contribution in [0.2, 0.25) is 0 Å². The molecule has 0 rings (SSSR count). The summed E-state index contributed by atoms with van der Waals surface area (Å²) in [4.78, 5) is 71.5. The zero-order valence-corrected chi connectivity index (χ0v) is 20.4. The minimum atomic E-state index is -1.58. The number of carboxylic acids is 2. The van der Waals surface area contributed by atoms with E-state index in [2.05, 4.69) is 16.0 Å². The van der Waals surface area contributed by atoms with Crippen LogP contribution in [0.15, 0.2) is 0 Å². The highest BCUT2D eigenvalue weighted by atomic mass is 32.2. The molecule has 0 aliphatic carbocycles. The van der Waals surface area contributed by atoms with Crippen molar-refractivity contribution in [3.05, 3.63) is 0 Å². The Morgan fingerprint density at radius 2 is 1.47 bits per heavy atom. The second kappa shape index (κ2) is 15.9. The molecule has 0 aromatic rings. The van der Waals surface area contributed by atoms with Gasteiger partial charge in [-0.3, -0.25) is 24.0 Å². The van der Waals surface area contributed by atoms with Crippen LogP contribution < -0.4 is 27.4 Å². The number of hydrogen-bond donors (Lipinski definition) is 7. The molecule has 4 amide bonds. The van der Waals surface area contributed by atoms with Gasteiger partial charge in [-0.05, 0) is 30.8 Å². The van der Waals surface area contributed by atoms with E-state index in [0.717, 1.165) is 0 Å². The summed E-state index contributed by atoms with van der Waals surface area (Å²) in [6, 6.07) is -5.11. The van der Waals surface area contributed by atoms with Gasteiger partial charge < -0.3 is 37.6 Å². The third-order valence-electron chi connectivity index (χ3n) is 5.07. The van der Waals surface area contributed by atoms with Gasteiger partial charge in [0.2, 0.25) is 23.6 Å². The molecule has 0 radical (unpaired) electrons. The molecule has 5 atom stereocenters. The Bertz CT molecular complexity index is 750. The van der Waals surface area contributed by atoms with Crippen LogP contribution in [0.4, 0.5) is 0 Å². The van der Waals surface area contributed by atoms with Crippen molar-refractivity contribution >= 4 is 47.3 Å². The fraction of sp³-hybridized carbons (Fsp3) is 0.700. The third kappa shape index (κ3) is 11.8. The fourth-order valence-electron chi connectivity index (χ4n) is 2.81. The molecule has 13 nitrogen and oxygen atoms in total. The van der Waals surface area contributed by atoms with Crippen molar-refractivity contribution in [1.82, 2.24) is 16.0 Å². The predicted octanol–water partition coefficient (Wildman–Crippen LogP) is -1.61. The number of primary amides is 1. The summed E-state index contributed by atoms with van der Waals surface area (Å²) < 4.78 is 0. The van der Waals surface area contributed by atoms with Crippen molar-refractivity contribution in [2.75, 3.05) is 12.0 Å². The van der Waals surface area contributed by atoms with Crippen LogP contribution in [0.25, 0.3) is 0 Å². The Labute approximate surface area is 202 Å². The maximum Gasteiger partial charge on any atom is 0.326 e. The van der Waals surface area contributed by atoms with Crippen LogP contribution in [0.1, 0.15) is 46.0 Å². The smallest absolute Gasteiger partial charge is 0.326 e. The topological polar surface area (TPSA) is 231 Å². The van der Waals surface area contributed by atoms with Crippen LogP contribution in [0, 0.1) is 5.92 Å². The number of carbonyl (C=O) groups excluding carboxylic acids is 4. The molecular weight excluding hydrogens is 470 g/mol. The fourth-order valence-corrected chi connectivity index (χ4v) is 3.28. The van der Waals surface area contributed by atoms with E-state index in [1.807, 2.05) is 0 Å². The lowest BCUT2D eigenvalue weighted by Gasteiger charge is -2.26. The predicted molar refractivity (Wildman–Crippen MR) is 125 cm³/mol. The highest BCUT2D eigenvalue weighted by Crippen LogP contribution is 2.09. The molecule has 0 saturated heterocycles. The zero-order chi connectivity index (χ0) is 26.4. The van der Waals surface area contributed by atoms with E-state index in [4.69, 9.17) is 11.5 Å². The van der Waals surface area contributed by atoms with Crippen molar-refractivity contribution < 1.29 is 39.0 Å². The normalized spacial score (nSPS) is 15.2. The van der Waals surface area contributed by atoms with Crippen LogP contribution >= 0.6 is 11.8 Å². The van der Waals surface area contributed by atoms with Gasteiger partial charge in [-0.2, -0.15) is 11.8 Å². The molecule has 0 aliphatic heterocycles. The lowest BCUT2D eigenvalue weighted by molar-refractivity contribution is -0.144. The van der Waals surface area contributed by atoms with Gasteiger partial charge in [-0.25, -0.2) is 4.79 Å². The van der Waals surface area contributed by atoms with Gasteiger partial charge in [0.05, 0.1) is 12.5 Å². The number of rotatable bonds is 17. The van der Waals surface area contributed by atoms with Crippen LogP contribution in [-0.4, -0.2) is 82.0 Å². The van der Waals surface area contributed by atoms with Gasteiger partial charge in [-0.1, -0.05) is 20.3 Å². The van der Waals surface area contributed by atoms with E-state index < -0.39 is 72.1 Å². The molecular formula is C20H35N5O8S. The number of amides is 4. The summed E-state index contributed by atoms with van der Waals surface area (Å²) in [5.74, 6) is -5.85. The number of carboxylic acid groups (broad SMARTS) is 2. The molecule has 194 valence electrons. The lowest BCUT2D eigenvalue weighted by atomic mass is 9.98. The first-order valence-corrected chi connectivity index (χ1v) is 12.1. The highest BCUT2D eigenvalue weighted by molar-refractivity contribution is 7.98. The first-order valence-electron chi connectivity index (χ1n) is 10.7. The molecule has 34 heavy (non-hydrogen) atoms. The summed E-state index contributed by atoms with van der Waals surface area (Å²) in [5, 5.41) is 25.6. The first kappa shape index (κ1) is 31.1. The van der Waals surface area contributed by atoms with E-state index >= 15 is 0 Å². The summed E-state index contributed by atoms with van der Waals surface area (Å²) >= 11 is 1.39. The molecule has 14 heteroatoms. The van der Waals surface area contributed by atoms with Crippen molar-refractivity contribution in [3.63, 3.8) is 0 Å². The highest BCUT2D eigenvalue weighted by Gasteiger charge is 2.33. The quantitative estimate of drug-likeness (QED) is 0.119. The van der Waals surface area contributed by atoms with Crippen molar-refractivity contribution in [2.24, 2.45) is 17.4 Å².